The molecule has 1 saturated heterocycles. The zero-order chi connectivity index (χ0) is 23.8. The molecule has 33 heavy (non-hydrogen) atoms. The topological polar surface area (TPSA) is 111 Å². The number of amides is 2. The van der Waals surface area contributed by atoms with Gasteiger partial charge in [0.25, 0.3) is 5.91 Å². The number of hydrogen-bond acceptors (Lipinski definition) is 8. The van der Waals surface area contributed by atoms with Crippen molar-refractivity contribution in [3.8, 4) is 5.88 Å². The van der Waals surface area contributed by atoms with Crippen LogP contribution in [-0.2, 0) is 25.4 Å². The van der Waals surface area contributed by atoms with Crippen molar-refractivity contribution in [3.63, 3.8) is 0 Å². The molecule has 2 aliphatic rings. The molecule has 2 N–H and O–H groups in total. The van der Waals surface area contributed by atoms with Crippen molar-refractivity contribution in [2.75, 3.05) is 47.6 Å². The third-order valence-corrected chi connectivity index (χ3v) is 5.93. The van der Waals surface area contributed by atoms with Crippen LogP contribution < -0.4 is 15.4 Å². The number of morpholine rings is 1. The van der Waals surface area contributed by atoms with E-state index in [-0.39, 0.29) is 24.1 Å². The van der Waals surface area contributed by atoms with Crippen LogP contribution >= 0.6 is 0 Å². The maximum absolute atomic E-state index is 13.5. The van der Waals surface area contributed by atoms with Crippen LogP contribution in [0.5, 0.6) is 5.88 Å². The van der Waals surface area contributed by atoms with Crippen LogP contribution in [0.4, 0.5) is 4.79 Å². The molecule has 1 aliphatic carbocycles. The van der Waals surface area contributed by atoms with Gasteiger partial charge in [-0.05, 0) is 44.2 Å². The molecule has 10 nitrogen and oxygen atoms in total. The van der Waals surface area contributed by atoms with E-state index in [4.69, 9.17) is 14.2 Å². The SMILES string of the molecule is COC[C@@H]1CNC[C@H](C(=O)N(C2CC2)[C@H](C)c2cc(CCCNC(=O)OC)nc(OC)c2)O1. The highest BCUT2D eigenvalue weighted by Crippen LogP contribution is 2.36. The molecule has 0 bridgehead atoms. The van der Waals surface area contributed by atoms with Crippen LogP contribution in [0.2, 0.25) is 0 Å². The summed E-state index contributed by atoms with van der Waals surface area (Å²) in [7, 11) is 4.56. The molecule has 1 aromatic rings. The summed E-state index contributed by atoms with van der Waals surface area (Å²) in [5, 5.41) is 5.96. The number of rotatable bonds is 11. The van der Waals surface area contributed by atoms with Crippen LogP contribution in [0.3, 0.4) is 0 Å². The Hall–Kier alpha value is -2.43. The van der Waals surface area contributed by atoms with E-state index in [9.17, 15) is 9.59 Å². The minimum Gasteiger partial charge on any atom is -0.481 e. The lowest BCUT2D eigenvalue weighted by Crippen LogP contribution is -2.54. The largest absolute Gasteiger partial charge is 0.481 e. The van der Waals surface area contributed by atoms with Gasteiger partial charge in [-0.1, -0.05) is 0 Å². The number of aryl methyl sites for hydroxylation is 1. The van der Waals surface area contributed by atoms with Gasteiger partial charge in [-0.25, -0.2) is 9.78 Å². The predicted molar refractivity (Wildman–Crippen MR) is 121 cm³/mol. The van der Waals surface area contributed by atoms with E-state index in [2.05, 4.69) is 20.4 Å². The van der Waals surface area contributed by atoms with E-state index in [0.29, 0.717) is 45.0 Å². The number of pyridine rings is 1. The summed E-state index contributed by atoms with van der Waals surface area (Å²) < 4.78 is 21.3. The molecular weight excluding hydrogens is 428 g/mol. The molecule has 1 aromatic heterocycles. The van der Waals surface area contributed by atoms with Crippen molar-refractivity contribution >= 4 is 12.0 Å². The van der Waals surface area contributed by atoms with Crippen LogP contribution in [0.25, 0.3) is 0 Å². The first kappa shape index (κ1) is 25.2. The highest BCUT2D eigenvalue weighted by atomic mass is 16.5. The number of alkyl carbamates (subject to hydrolysis) is 1. The number of nitrogens with one attached hydrogen (secondary N) is 2. The van der Waals surface area contributed by atoms with Crippen molar-refractivity contribution in [1.82, 2.24) is 20.5 Å². The number of nitrogens with zero attached hydrogens (tertiary/aromatic N) is 2. The molecule has 3 atom stereocenters. The second kappa shape index (κ2) is 12.2. The Balaban J connectivity index is 1.71. The second-order valence-corrected chi connectivity index (χ2v) is 8.47. The standard InChI is InChI=1S/C23H36N4O6/c1-15(16-10-17(26-21(11-16)31-3)6-5-9-25-23(29)32-4)27(18-7-8-18)22(28)20-13-24-12-19(33-20)14-30-2/h10-11,15,18-20,24H,5-9,12-14H2,1-4H3,(H,25,29)/t15-,19+,20-/m1/s1. The highest BCUT2D eigenvalue weighted by molar-refractivity contribution is 5.82. The quantitative estimate of drug-likeness (QED) is 0.473. The van der Waals surface area contributed by atoms with Gasteiger partial charge in [0.05, 0.1) is 33.0 Å². The van der Waals surface area contributed by atoms with E-state index in [0.717, 1.165) is 24.1 Å². The van der Waals surface area contributed by atoms with Crippen molar-refractivity contribution < 1.29 is 28.5 Å². The molecule has 2 fully saturated rings. The van der Waals surface area contributed by atoms with E-state index < -0.39 is 12.2 Å². The Bertz CT molecular complexity index is 801. The Labute approximate surface area is 195 Å². The third-order valence-electron chi connectivity index (χ3n) is 5.93. The Morgan fingerprint density at radius 1 is 1.27 bits per heavy atom. The van der Waals surface area contributed by atoms with Gasteiger partial charge in [0, 0.05) is 44.5 Å². The van der Waals surface area contributed by atoms with Gasteiger partial charge in [-0.15, -0.1) is 0 Å². The molecule has 1 saturated carbocycles. The molecule has 0 aromatic carbocycles. The van der Waals surface area contributed by atoms with Crippen LogP contribution in [0.15, 0.2) is 12.1 Å². The maximum atomic E-state index is 13.5. The Morgan fingerprint density at radius 2 is 2.06 bits per heavy atom. The summed E-state index contributed by atoms with van der Waals surface area (Å²) in [5.74, 6) is 0.507. The van der Waals surface area contributed by atoms with Gasteiger partial charge in [-0.2, -0.15) is 0 Å². The van der Waals surface area contributed by atoms with Gasteiger partial charge in [0.2, 0.25) is 5.88 Å². The van der Waals surface area contributed by atoms with Gasteiger partial charge >= 0.3 is 6.09 Å². The average Bonchev–Trinajstić information content (AvgIpc) is 3.67. The fourth-order valence-electron chi connectivity index (χ4n) is 4.09. The summed E-state index contributed by atoms with van der Waals surface area (Å²) in [4.78, 5) is 31.2. The first-order valence-corrected chi connectivity index (χ1v) is 11.5. The normalized spacial score (nSPS) is 21.2. The van der Waals surface area contributed by atoms with Crippen LogP contribution in [0.1, 0.15) is 43.5 Å². The first-order valence-electron chi connectivity index (χ1n) is 11.5. The predicted octanol–water partition coefficient (Wildman–Crippen LogP) is 1.43. The lowest BCUT2D eigenvalue weighted by molar-refractivity contribution is -0.156. The average molecular weight is 465 g/mol. The summed E-state index contributed by atoms with van der Waals surface area (Å²) in [6, 6.07) is 3.96. The van der Waals surface area contributed by atoms with Crippen LogP contribution in [-0.4, -0.2) is 87.7 Å². The molecule has 184 valence electrons. The summed E-state index contributed by atoms with van der Waals surface area (Å²) >= 11 is 0. The fraction of sp³-hybridized carbons (Fsp3) is 0.696. The maximum Gasteiger partial charge on any atom is 0.406 e. The monoisotopic (exact) mass is 464 g/mol. The van der Waals surface area contributed by atoms with Crippen molar-refractivity contribution in [2.24, 2.45) is 0 Å². The summed E-state index contributed by atoms with van der Waals surface area (Å²) in [6.45, 7) is 4.14. The number of aromatic nitrogens is 1. The number of carbonyl (C=O) groups is 2. The van der Waals surface area contributed by atoms with E-state index in [1.165, 1.54) is 7.11 Å². The van der Waals surface area contributed by atoms with E-state index in [1.54, 1.807) is 14.2 Å². The Morgan fingerprint density at radius 3 is 2.73 bits per heavy atom. The van der Waals surface area contributed by atoms with Crippen molar-refractivity contribution in [3.05, 3.63) is 23.4 Å². The zero-order valence-corrected chi connectivity index (χ0v) is 20.0. The molecule has 2 heterocycles. The number of methoxy groups -OCH3 is 3. The molecule has 2 amide bonds. The minimum atomic E-state index is -0.533. The number of ether oxygens (including phenoxy) is 4. The molecule has 0 unspecified atom stereocenters. The zero-order valence-electron chi connectivity index (χ0n) is 20.0. The van der Waals surface area contributed by atoms with Gasteiger partial charge in [-0.3, -0.25) is 4.79 Å². The Kier molecular flexibility index (Phi) is 9.28. The molecule has 1 aliphatic heterocycles. The molecule has 10 heteroatoms. The smallest absolute Gasteiger partial charge is 0.406 e. The molecule has 0 radical (unpaired) electrons. The third kappa shape index (κ3) is 7.02. The van der Waals surface area contributed by atoms with E-state index >= 15 is 0 Å². The number of carbonyl (C=O) groups excluding carboxylic acids is 2. The summed E-state index contributed by atoms with van der Waals surface area (Å²) in [5.41, 5.74) is 1.82. The lowest BCUT2D eigenvalue weighted by atomic mass is 10.0. The molecular formula is C23H36N4O6. The van der Waals surface area contributed by atoms with Crippen LogP contribution in [0, 0.1) is 0 Å². The van der Waals surface area contributed by atoms with Crippen molar-refractivity contribution in [1.29, 1.82) is 0 Å². The van der Waals surface area contributed by atoms with Gasteiger partial charge < -0.3 is 34.5 Å². The molecule has 3 rings (SSSR count). The molecule has 0 spiro atoms. The highest BCUT2D eigenvalue weighted by Gasteiger charge is 2.41. The van der Waals surface area contributed by atoms with Gasteiger partial charge in [0.1, 0.15) is 6.10 Å². The van der Waals surface area contributed by atoms with Gasteiger partial charge in [0.15, 0.2) is 0 Å². The van der Waals surface area contributed by atoms with Crippen molar-refractivity contribution in [2.45, 2.75) is 56.9 Å². The van der Waals surface area contributed by atoms with E-state index in [1.807, 2.05) is 24.0 Å². The lowest BCUT2D eigenvalue weighted by Gasteiger charge is -2.36. The minimum absolute atomic E-state index is 0.00194. The second-order valence-electron chi connectivity index (χ2n) is 8.47. The number of hydrogen-bond donors (Lipinski definition) is 2. The summed E-state index contributed by atoms with van der Waals surface area (Å²) in [6.07, 6.45) is 2.23. The first-order chi connectivity index (χ1) is 16.0. The fourth-order valence-corrected chi connectivity index (χ4v) is 4.09.